The number of esters is 1. The number of carbonyl (C=O) groups is 1. The Labute approximate surface area is 207 Å². The van der Waals surface area contributed by atoms with Crippen LogP contribution in [-0.4, -0.2) is 35.9 Å². The standard InChI is InChI=1S/C26H27N3O5S/c1-5-33-25(31)20-15(2)27-23-22(24(30)29-26(28-23)35-4)21(20)17-11-12-18(19(13-17)32-3)34-14-16-9-7-6-8-10-16/h6-13,21H,5,14H2,1-4H3,(H2,27,28,29,30). The lowest BCUT2D eigenvalue weighted by atomic mass is 9.82. The highest BCUT2D eigenvalue weighted by atomic mass is 32.2. The van der Waals surface area contributed by atoms with Gasteiger partial charge in [-0.3, -0.25) is 4.79 Å². The summed E-state index contributed by atoms with van der Waals surface area (Å²) in [5.41, 5.74) is 2.66. The van der Waals surface area contributed by atoms with Gasteiger partial charge in [0.05, 0.1) is 30.8 Å². The van der Waals surface area contributed by atoms with E-state index in [0.717, 1.165) is 5.56 Å². The van der Waals surface area contributed by atoms with Gasteiger partial charge in [0.15, 0.2) is 16.7 Å². The monoisotopic (exact) mass is 493 g/mol. The quantitative estimate of drug-likeness (QED) is 0.269. The molecule has 2 aromatic carbocycles. The van der Waals surface area contributed by atoms with E-state index in [4.69, 9.17) is 14.2 Å². The molecule has 1 aromatic heterocycles. The summed E-state index contributed by atoms with van der Waals surface area (Å²) in [6, 6.07) is 15.2. The third kappa shape index (κ3) is 5.05. The van der Waals surface area contributed by atoms with E-state index in [1.54, 1.807) is 33.1 Å². The van der Waals surface area contributed by atoms with Crippen molar-refractivity contribution in [3.05, 3.63) is 86.8 Å². The fraction of sp³-hybridized carbons (Fsp3) is 0.269. The number of H-pyrrole nitrogens is 1. The zero-order valence-electron chi connectivity index (χ0n) is 20.0. The molecule has 35 heavy (non-hydrogen) atoms. The zero-order chi connectivity index (χ0) is 24.9. The number of nitrogens with one attached hydrogen (secondary N) is 2. The van der Waals surface area contributed by atoms with E-state index >= 15 is 0 Å². The van der Waals surface area contributed by atoms with Crippen molar-refractivity contribution in [3.63, 3.8) is 0 Å². The second kappa shape index (κ2) is 10.7. The van der Waals surface area contributed by atoms with Gasteiger partial charge in [0.2, 0.25) is 0 Å². The van der Waals surface area contributed by atoms with Crippen LogP contribution >= 0.6 is 11.8 Å². The number of rotatable bonds is 8. The number of hydrogen-bond acceptors (Lipinski definition) is 8. The lowest BCUT2D eigenvalue weighted by molar-refractivity contribution is -0.138. The molecule has 9 heteroatoms. The van der Waals surface area contributed by atoms with Gasteiger partial charge in [-0.2, -0.15) is 0 Å². The third-order valence-corrected chi connectivity index (χ3v) is 6.25. The second-order valence-corrected chi connectivity index (χ2v) is 8.63. The molecule has 0 radical (unpaired) electrons. The van der Waals surface area contributed by atoms with Gasteiger partial charge in [-0.25, -0.2) is 9.78 Å². The topological polar surface area (TPSA) is 103 Å². The van der Waals surface area contributed by atoms with Crippen LogP contribution in [0.2, 0.25) is 0 Å². The molecule has 1 unspecified atom stereocenters. The van der Waals surface area contributed by atoms with E-state index in [-0.39, 0.29) is 12.2 Å². The summed E-state index contributed by atoms with van der Waals surface area (Å²) in [4.78, 5) is 33.5. The molecule has 0 bridgehead atoms. The van der Waals surface area contributed by atoms with Crippen LogP contribution in [-0.2, 0) is 16.1 Å². The lowest BCUT2D eigenvalue weighted by Gasteiger charge is -2.29. The molecule has 0 spiro atoms. The van der Waals surface area contributed by atoms with Crippen LogP contribution in [0.1, 0.15) is 36.5 Å². The second-order valence-electron chi connectivity index (χ2n) is 7.84. The molecule has 0 aliphatic carbocycles. The summed E-state index contributed by atoms with van der Waals surface area (Å²) in [6.07, 6.45) is 1.83. The van der Waals surface area contributed by atoms with Gasteiger partial charge in [0, 0.05) is 5.70 Å². The fourth-order valence-corrected chi connectivity index (χ4v) is 4.44. The van der Waals surface area contributed by atoms with Crippen molar-refractivity contribution in [2.45, 2.75) is 31.5 Å². The highest BCUT2D eigenvalue weighted by Crippen LogP contribution is 2.42. The molecule has 8 nitrogen and oxygen atoms in total. The number of benzene rings is 2. The van der Waals surface area contributed by atoms with Crippen molar-refractivity contribution >= 4 is 23.5 Å². The maximum Gasteiger partial charge on any atom is 0.336 e. The Hall–Kier alpha value is -3.72. The van der Waals surface area contributed by atoms with E-state index in [1.807, 2.05) is 42.7 Å². The van der Waals surface area contributed by atoms with Gasteiger partial charge in [0.1, 0.15) is 12.4 Å². The average molecular weight is 494 g/mol. The van der Waals surface area contributed by atoms with Crippen LogP contribution in [0.25, 0.3) is 0 Å². The SMILES string of the molecule is CCOC(=O)C1=C(C)Nc2nc(SC)[nH]c(=O)c2C1c1ccc(OCc2ccccc2)c(OC)c1. The zero-order valence-corrected chi connectivity index (χ0v) is 20.8. The first-order valence-electron chi connectivity index (χ1n) is 11.1. The van der Waals surface area contributed by atoms with Crippen molar-refractivity contribution in [3.8, 4) is 11.5 Å². The van der Waals surface area contributed by atoms with Crippen molar-refractivity contribution < 1.29 is 19.0 Å². The number of ether oxygens (including phenoxy) is 3. The van der Waals surface area contributed by atoms with Crippen molar-refractivity contribution in [1.82, 2.24) is 9.97 Å². The van der Waals surface area contributed by atoms with Crippen LogP contribution in [0.15, 0.2) is 69.8 Å². The van der Waals surface area contributed by atoms with Crippen LogP contribution in [0.4, 0.5) is 5.82 Å². The molecule has 2 N–H and O–H groups in total. The predicted octanol–water partition coefficient (Wildman–Crippen LogP) is 4.47. The molecule has 2 heterocycles. The largest absolute Gasteiger partial charge is 0.493 e. The lowest BCUT2D eigenvalue weighted by Crippen LogP contribution is -2.31. The molecule has 1 atom stereocenters. The summed E-state index contributed by atoms with van der Waals surface area (Å²) in [5.74, 6) is 0.262. The first-order chi connectivity index (χ1) is 17.0. The van der Waals surface area contributed by atoms with Crippen molar-refractivity contribution in [2.75, 3.05) is 25.3 Å². The maximum absolute atomic E-state index is 13.2. The number of allylic oxidation sites excluding steroid dienone is 1. The minimum absolute atomic E-state index is 0.213. The number of nitrogens with zero attached hydrogens (tertiary/aromatic N) is 1. The molecular formula is C26H27N3O5S. The summed E-state index contributed by atoms with van der Waals surface area (Å²) >= 11 is 1.33. The Morgan fingerprint density at radius 1 is 1.14 bits per heavy atom. The van der Waals surface area contributed by atoms with Crippen LogP contribution in [0, 0.1) is 0 Å². The minimum atomic E-state index is -0.700. The van der Waals surface area contributed by atoms with Gasteiger partial charge in [-0.05, 0) is 43.4 Å². The van der Waals surface area contributed by atoms with Crippen LogP contribution in [0.5, 0.6) is 11.5 Å². The summed E-state index contributed by atoms with van der Waals surface area (Å²) in [6.45, 7) is 4.11. The summed E-state index contributed by atoms with van der Waals surface area (Å²) in [5, 5.41) is 3.60. The van der Waals surface area contributed by atoms with E-state index in [0.29, 0.717) is 51.5 Å². The molecule has 1 aliphatic heterocycles. The van der Waals surface area contributed by atoms with Crippen LogP contribution < -0.4 is 20.3 Å². The third-order valence-electron chi connectivity index (χ3n) is 5.67. The highest BCUT2D eigenvalue weighted by molar-refractivity contribution is 7.98. The van der Waals surface area contributed by atoms with Crippen molar-refractivity contribution in [1.29, 1.82) is 0 Å². The van der Waals surface area contributed by atoms with Gasteiger partial charge in [0.25, 0.3) is 5.56 Å². The fourth-order valence-electron chi connectivity index (χ4n) is 4.06. The van der Waals surface area contributed by atoms with Gasteiger partial charge in [-0.1, -0.05) is 48.2 Å². The Balaban J connectivity index is 1.79. The first-order valence-corrected chi connectivity index (χ1v) is 12.4. The maximum atomic E-state index is 13.2. The molecule has 0 fully saturated rings. The number of methoxy groups -OCH3 is 1. The van der Waals surface area contributed by atoms with E-state index < -0.39 is 11.9 Å². The Bertz CT molecular complexity index is 1320. The van der Waals surface area contributed by atoms with Crippen LogP contribution in [0.3, 0.4) is 0 Å². The number of carbonyl (C=O) groups excluding carboxylic acids is 1. The van der Waals surface area contributed by atoms with E-state index in [2.05, 4.69) is 15.3 Å². The Morgan fingerprint density at radius 2 is 1.91 bits per heavy atom. The van der Waals surface area contributed by atoms with Gasteiger partial charge >= 0.3 is 5.97 Å². The smallest absolute Gasteiger partial charge is 0.336 e. The summed E-state index contributed by atoms with van der Waals surface area (Å²) < 4.78 is 16.9. The van der Waals surface area contributed by atoms with E-state index in [9.17, 15) is 9.59 Å². The van der Waals surface area contributed by atoms with Gasteiger partial charge < -0.3 is 24.5 Å². The number of aromatic nitrogens is 2. The van der Waals surface area contributed by atoms with Gasteiger partial charge in [-0.15, -0.1) is 0 Å². The Morgan fingerprint density at radius 3 is 2.60 bits per heavy atom. The molecule has 182 valence electrons. The van der Waals surface area contributed by atoms with Crippen molar-refractivity contribution in [2.24, 2.45) is 0 Å². The molecule has 0 saturated carbocycles. The highest BCUT2D eigenvalue weighted by Gasteiger charge is 2.36. The number of thioether (sulfide) groups is 1. The molecule has 1 aliphatic rings. The molecule has 0 amide bonds. The number of fused-ring (bicyclic) bond motifs is 1. The predicted molar refractivity (Wildman–Crippen MR) is 135 cm³/mol. The normalized spacial score (nSPS) is 14.7. The molecule has 0 saturated heterocycles. The van der Waals surface area contributed by atoms with E-state index in [1.165, 1.54) is 11.8 Å². The molecule has 4 rings (SSSR count). The average Bonchev–Trinajstić information content (AvgIpc) is 2.87. The molecular weight excluding hydrogens is 466 g/mol. The number of anilines is 1. The Kier molecular flexibility index (Phi) is 7.45. The minimum Gasteiger partial charge on any atom is -0.493 e. The number of aromatic amines is 1. The first kappa shape index (κ1) is 24.4. The number of hydrogen-bond donors (Lipinski definition) is 2. The summed E-state index contributed by atoms with van der Waals surface area (Å²) in [7, 11) is 1.55. The molecule has 3 aromatic rings.